The van der Waals surface area contributed by atoms with Crippen LogP contribution in [0.5, 0.6) is 5.75 Å². The maximum Gasteiger partial charge on any atom is 0.416 e. The van der Waals surface area contributed by atoms with Crippen molar-refractivity contribution in [3.63, 3.8) is 0 Å². The van der Waals surface area contributed by atoms with E-state index < -0.39 is 29.1 Å². The molecule has 0 radical (unpaired) electrons. The first-order valence-electron chi connectivity index (χ1n) is 11.4. The summed E-state index contributed by atoms with van der Waals surface area (Å²) in [5, 5.41) is 8.57. The van der Waals surface area contributed by atoms with E-state index in [-0.39, 0.29) is 35.7 Å². The van der Waals surface area contributed by atoms with Gasteiger partial charge in [-0.15, -0.1) is 0 Å². The largest absolute Gasteiger partial charge is 0.488 e. The first-order chi connectivity index (χ1) is 18.0. The number of benzene rings is 2. The Morgan fingerprint density at radius 2 is 1.89 bits per heavy atom. The summed E-state index contributed by atoms with van der Waals surface area (Å²) in [6.45, 7) is 1.99. The molecule has 2 aromatic carbocycles. The van der Waals surface area contributed by atoms with Crippen molar-refractivity contribution in [3.05, 3.63) is 93.9 Å². The lowest BCUT2D eigenvalue weighted by atomic mass is 10.0. The van der Waals surface area contributed by atoms with E-state index in [0.717, 1.165) is 12.1 Å². The molecule has 0 aliphatic heterocycles. The van der Waals surface area contributed by atoms with E-state index in [9.17, 15) is 27.2 Å². The zero-order valence-electron chi connectivity index (χ0n) is 20.3. The van der Waals surface area contributed by atoms with Gasteiger partial charge in [0.05, 0.1) is 24.1 Å². The number of halogens is 4. The Labute approximate surface area is 214 Å². The molecule has 4 aromatic rings. The summed E-state index contributed by atoms with van der Waals surface area (Å²) in [5.41, 5.74) is -0.117. The molecular formula is C26H23F4N5O3. The van der Waals surface area contributed by atoms with Gasteiger partial charge in [-0.1, -0.05) is 12.1 Å². The second-order valence-electron chi connectivity index (χ2n) is 8.36. The third kappa shape index (κ3) is 6.20. The Bertz CT molecular complexity index is 1530. The summed E-state index contributed by atoms with van der Waals surface area (Å²) in [7, 11) is 1.66. The molecule has 0 aliphatic rings. The average molecular weight is 529 g/mol. The van der Waals surface area contributed by atoms with Gasteiger partial charge in [-0.2, -0.15) is 18.3 Å². The van der Waals surface area contributed by atoms with Crippen LogP contribution in [0.25, 0.3) is 11.1 Å². The molecule has 2 aromatic heterocycles. The maximum absolute atomic E-state index is 14.7. The van der Waals surface area contributed by atoms with Crippen LogP contribution in [0.2, 0.25) is 0 Å². The number of aromatic amines is 1. The van der Waals surface area contributed by atoms with Crippen LogP contribution in [0.3, 0.4) is 0 Å². The third-order valence-electron chi connectivity index (χ3n) is 5.55. The number of nitrogens with zero attached hydrogens (tertiary/aromatic N) is 2. The van der Waals surface area contributed by atoms with Crippen LogP contribution in [-0.2, 0) is 19.6 Å². The minimum atomic E-state index is -4.66. The van der Waals surface area contributed by atoms with Crippen molar-refractivity contribution in [2.75, 3.05) is 17.2 Å². The first-order valence-corrected chi connectivity index (χ1v) is 11.4. The molecule has 198 valence electrons. The Morgan fingerprint density at radius 3 is 2.55 bits per heavy atom. The zero-order valence-corrected chi connectivity index (χ0v) is 20.3. The number of nitrogens with one attached hydrogen (secondary N) is 3. The van der Waals surface area contributed by atoms with E-state index in [1.165, 1.54) is 47.4 Å². The lowest BCUT2D eigenvalue weighted by molar-refractivity contribution is -0.138. The number of aryl methyl sites for hydroxylation is 1. The molecule has 0 fully saturated rings. The monoisotopic (exact) mass is 529 g/mol. The van der Waals surface area contributed by atoms with Crippen molar-refractivity contribution in [2.45, 2.75) is 19.5 Å². The Balaban J connectivity index is 1.49. The quantitative estimate of drug-likeness (QED) is 0.273. The lowest BCUT2D eigenvalue weighted by Gasteiger charge is -2.15. The highest BCUT2D eigenvalue weighted by molar-refractivity contribution is 6.00. The van der Waals surface area contributed by atoms with Crippen molar-refractivity contribution >= 4 is 17.4 Å². The molecule has 12 heteroatoms. The fourth-order valence-electron chi connectivity index (χ4n) is 3.83. The predicted octanol–water partition coefficient (Wildman–Crippen LogP) is 5.57. The van der Waals surface area contributed by atoms with Crippen LogP contribution in [-0.4, -0.2) is 27.4 Å². The number of urea groups is 1. The van der Waals surface area contributed by atoms with Crippen LogP contribution in [0.4, 0.5) is 33.7 Å². The Kier molecular flexibility index (Phi) is 7.51. The number of H-pyrrole nitrogens is 1. The van der Waals surface area contributed by atoms with Crippen LogP contribution in [0, 0.1) is 5.82 Å². The SMILES string of the molecule is CCOc1cc(-c2ccc(NC(=O)Nc3ccc(Cc4cnn(C)c4)c(C(F)(F)F)c3)c(F)c2)c[nH]c1=O. The fraction of sp³-hybridized carbons (Fsp3) is 0.192. The van der Waals surface area contributed by atoms with Crippen LogP contribution in [0.15, 0.2) is 65.8 Å². The number of hydrogen-bond acceptors (Lipinski definition) is 4. The second-order valence-corrected chi connectivity index (χ2v) is 8.36. The molecule has 0 atom stereocenters. The van der Waals surface area contributed by atoms with Crippen molar-refractivity contribution in [1.29, 1.82) is 0 Å². The standard InChI is InChI=1S/C26H23F4N5O3/c1-3-38-23-10-18(13-31-24(23)36)16-5-7-22(21(27)9-16)34-25(37)33-19-6-4-17(20(11-19)26(28,29)30)8-15-12-32-35(2)14-15/h4-7,9-14H,3,8H2,1-2H3,(H,31,36)(H2,33,34,37). The van der Waals surface area contributed by atoms with Crippen LogP contribution >= 0.6 is 0 Å². The number of aromatic nitrogens is 3. The van der Waals surface area contributed by atoms with Gasteiger partial charge < -0.3 is 20.4 Å². The summed E-state index contributed by atoms with van der Waals surface area (Å²) in [6, 6.07) is 7.95. The Morgan fingerprint density at radius 1 is 1.11 bits per heavy atom. The van der Waals surface area contributed by atoms with Gasteiger partial charge in [-0.05, 0) is 53.9 Å². The summed E-state index contributed by atoms with van der Waals surface area (Å²) in [5.74, 6) is -0.707. The van der Waals surface area contributed by atoms with E-state index in [4.69, 9.17) is 4.74 Å². The molecule has 0 aliphatic carbocycles. The highest BCUT2D eigenvalue weighted by Gasteiger charge is 2.33. The number of anilines is 2. The van der Waals surface area contributed by atoms with Crippen molar-refractivity contribution in [3.8, 4) is 16.9 Å². The smallest absolute Gasteiger partial charge is 0.416 e. The molecule has 3 N–H and O–H groups in total. The molecular weight excluding hydrogens is 506 g/mol. The number of pyridine rings is 1. The summed E-state index contributed by atoms with van der Waals surface area (Å²) < 4.78 is 62.6. The Hall–Kier alpha value is -4.61. The number of hydrogen-bond donors (Lipinski definition) is 3. The van der Waals surface area contributed by atoms with Crippen molar-refractivity contribution in [1.82, 2.24) is 14.8 Å². The second kappa shape index (κ2) is 10.8. The van der Waals surface area contributed by atoms with Crippen molar-refractivity contribution < 1.29 is 27.1 Å². The van der Waals surface area contributed by atoms with Gasteiger partial charge in [-0.3, -0.25) is 9.48 Å². The molecule has 0 saturated carbocycles. The lowest BCUT2D eigenvalue weighted by Crippen LogP contribution is -2.21. The summed E-state index contributed by atoms with van der Waals surface area (Å²) >= 11 is 0. The van der Waals surface area contributed by atoms with Gasteiger partial charge in [0.15, 0.2) is 5.75 Å². The van der Waals surface area contributed by atoms with E-state index in [2.05, 4.69) is 20.7 Å². The highest BCUT2D eigenvalue weighted by atomic mass is 19.4. The number of carbonyl (C=O) groups excluding carboxylic acids is 1. The minimum absolute atomic E-state index is 0.00802. The van der Waals surface area contributed by atoms with E-state index >= 15 is 0 Å². The van der Waals surface area contributed by atoms with Gasteiger partial charge in [0.25, 0.3) is 5.56 Å². The molecule has 4 rings (SSSR count). The van der Waals surface area contributed by atoms with Gasteiger partial charge in [-0.25, -0.2) is 9.18 Å². The molecule has 0 bridgehead atoms. The number of alkyl halides is 3. The van der Waals surface area contributed by atoms with Gasteiger partial charge in [0, 0.05) is 37.1 Å². The third-order valence-corrected chi connectivity index (χ3v) is 5.55. The molecule has 38 heavy (non-hydrogen) atoms. The maximum atomic E-state index is 14.7. The van der Waals surface area contributed by atoms with Crippen LogP contribution < -0.4 is 20.9 Å². The predicted molar refractivity (Wildman–Crippen MR) is 134 cm³/mol. The van der Waals surface area contributed by atoms with Crippen molar-refractivity contribution in [2.24, 2.45) is 7.05 Å². The zero-order chi connectivity index (χ0) is 27.4. The fourth-order valence-corrected chi connectivity index (χ4v) is 3.83. The normalized spacial score (nSPS) is 11.3. The van der Waals surface area contributed by atoms with Gasteiger partial charge in [0.2, 0.25) is 0 Å². The topological polar surface area (TPSA) is 101 Å². The molecule has 0 spiro atoms. The molecule has 0 saturated heterocycles. The summed E-state index contributed by atoms with van der Waals surface area (Å²) in [6.07, 6.45) is -0.148. The van der Waals surface area contributed by atoms with E-state index in [1.54, 1.807) is 20.2 Å². The number of carbonyl (C=O) groups is 1. The van der Waals surface area contributed by atoms with Gasteiger partial charge >= 0.3 is 12.2 Å². The minimum Gasteiger partial charge on any atom is -0.488 e. The molecule has 2 amide bonds. The first kappa shape index (κ1) is 26.5. The molecule has 8 nitrogen and oxygen atoms in total. The number of ether oxygens (including phenoxy) is 1. The van der Waals surface area contributed by atoms with Crippen LogP contribution in [0.1, 0.15) is 23.6 Å². The highest BCUT2D eigenvalue weighted by Crippen LogP contribution is 2.35. The average Bonchev–Trinajstić information content (AvgIpc) is 3.26. The summed E-state index contributed by atoms with van der Waals surface area (Å²) in [4.78, 5) is 26.7. The molecule has 0 unspecified atom stereocenters. The number of amides is 2. The van der Waals surface area contributed by atoms with Gasteiger partial charge in [0.1, 0.15) is 5.82 Å². The number of rotatable bonds is 7. The molecule has 2 heterocycles. The van der Waals surface area contributed by atoms with E-state index in [1.807, 2.05) is 0 Å². The van der Waals surface area contributed by atoms with E-state index in [0.29, 0.717) is 16.7 Å².